The van der Waals surface area contributed by atoms with Crippen molar-refractivity contribution in [3.05, 3.63) is 46.0 Å². The van der Waals surface area contributed by atoms with Crippen LogP contribution < -0.4 is 0 Å². The van der Waals surface area contributed by atoms with Crippen molar-refractivity contribution in [1.82, 2.24) is 0 Å². The van der Waals surface area contributed by atoms with E-state index in [1.807, 2.05) is 0 Å². The van der Waals surface area contributed by atoms with Gasteiger partial charge >= 0.3 is 36.6 Å². The van der Waals surface area contributed by atoms with Gasteiger partial charge in [0.25, 0.3) is 0 Å². The number of hydrogen-bond acceptors (Lipinski definition) is 11. The van der Waals surface area contributed by atoms with Crippen molar-refractivity contribution >= 4 is 36.6 Å². The fourth-order valence-electron chi connectivity index (χ4n) is 0. The molecule has 0 spiro atoms. The summed E-state index contributed by atoms with van der Waals surface area (Å²) in [4.78, 5) is 24.8. The van der Waals surface area contributed by atoms with Gasteiger partial charge in [-0.15, -0.1) is 0 Å². The third kappa shape index (κ3) is 944. The third-order valence-corrected chi connectivity index (χ3v) is 0. The van der Waals surface area contributed by atoms with Gasteiger partial charge in [-0.3, -0.25) is 9.11 Å². The van der Waals surface area contributed by atoms with Crippen LogP contribution in [0.2, 0.25) is 0 Å². The summed E-state index contributed by atoms with van der Waals surface area (Å²) in [5, 5.41) is 44.2. The first-order chi connectivity index (χ1) is 7.20. The van der Waals surface area contributed by atoms with Gasteiger partial charge in [-0.2, -0.15) is 8.42 Å². The van der Waals surface area contributed by atoms with Crippen molar-refractivity contribution in [3.63, 3.8) is 0 Å². The van der Waals surface area contributed by atoms with Crippen LogP contribution >= 0.6 is 0 Å². The minimum Gasteiger partial charge on any atom is -0.356 e. The second-order valence-corrected chi connectivity index (χ2v) is 2.01. The number of nitrogens with zero attached hydrogens (tertiary/aromatic N) is 3. The summed E-state index contributed by atoms with van der Waals surface area (Å²) in [5.41, 5.74) is 0. The standard InChI is InChI=1S/Bi.3NO3.H2O4S/c;3*2-1(3)4;1-5(2,3)4/h;;;;(H2,1,2,3,4)/q+3;3*-1;. The molecule has 0 aliphatic heterocycles. The summed E-state index contributed by atoms with van der Waals surface area (Å²) in [7, 11) is -4.67. The molecule has 0 aromatic rings. The predicted octanol–water partition coefficient (Wildman–Crippen LogP) is -1.75. The maximum Gasteiger partial charge on any atom is 3.00 e. The quantitative estimate of drug-likeness (QED) is 0.164. The van der Waals surface area contributed by atoms with Crippen LogP contribution in [-0.4, -0.2) is 59.0 Å². The Balaban J connectivity index is -0.0000000412. The molecular formula is H2BiN3O13S. The second kappa shape index (κ2) is 17.7. The summed E-state index contributed by atoms with van der Waals surface area (Å²) < 4.78 is 31.6. The Morgan fingerprint density at radius 2 is 0.667 bits per heavy atom. The molecule has 0 aliphatic rings. The second-order valence-electron chi connectivity index (χ2n) is 1.12. The zero-order valence-electron chi connectivity index (χ0n) is 7.58. The Morgan fingerprint density at radius 1 is 0.667 bits per heavy atom. The Morgan fingerprint density at radius 3 is 0.667 bits per heavy atom. The van der Waals surface area contributed by atoms with Crippen LogP contribution in [-0.2, 0) is 10.4 Å². The van der Waals surface area contributed by atoms with Crippen LogP contribution in [0.4, 0.5) is 0 Å². The van der Waals surface area contributed by atoms with Gasteiger partial charge in [0.05, 0.1) is 15.3 Å². The first kappa shape index (κ1) is 29.9. The molecule has 0 unspecified atom stereocenters. The fraction of sp³-hybridized carbons (Fsp3) is 0. The molecule has 0 aliphatic carbocycles. The molecule has 18 heavy (non-hydrogen) atoms. The van der Waals surface area contributed by atoms with Crippen LogP contribution in [0.15, 0.2) is 0 Å². The average molecular weight is 493 g/mol. The molecule has 0 aromatic carbocycles. The maximum absolute atomic E-state index is 8.74. The van der Waals surface area contributed by atoms with Gasteiger partial charge in [0.1, 0.15) is 0 Å². The molecule has 0 aromatic heterocycles. The summed E-state index contributed by atoms with van der Waals surface area (Å²) >= 11 is 0. The van der Waals surface area contributed by atoms with Crippen molar-refractivity contribution in [1.29, 1.82) is 0 Å². The average Bonchev–Trinajstić information content (AvgIpc) is 1.73. The first-order valence-electron chi connectivity index (χ1n) is 2.34. The topological polar surface area (TPSA) is 273 Å². The molecule has 16 nitrogen and oxygen atoms in total. The Kier molecular flexibility index (Phi) is 29.5. The Labute approximate surface area is 115 Å². The Hall–Kier alpha value is -1.65. The SMILES string of the molecule is O=S(=O)(O)O.O=[N+]([O-])[O-].O=[N+]([O-])[O-].O=[N+]([O-])[O-].[Bi+3]. The first-order valence-corrected chi connectivity index (χ1v) is 3.74. The minimum atomic E-state index is -4.67. The van der Waals surface area contributed by atoms with Crippen molar-refractivity contribution in [2.24, 2.45) is 0 Å². The van der Waals surface area contributed by atoms with E-state index in [0.29, 0.717) is 0 Å². The number of rotatable bonds is 0. The summed E-state index contributed by atoms with van der Waals surface area (Å²) in [6.45, 7) is 0. The van der Waals surface area contributed by atoms with E-state index in [1.54, 1.807) is 0 Å². The van der Waals surface area contributed by atoms with Gasteiger partial charge in [0.15, 0.2) is 0 Å². The maximum atomic E-state index is 8.74. The van der Waals surface area contributed by atoms with Crippen LogP contribution in [0, 0.1) is 46.0 Å². The normalized spacial score (nSPS) is 7.22. The molecule has 0 saturated heterocycles. The van der Waals surface area contributed by atoms with E-state index < -0.39 is 25.7 Å². The molecule has 0 amide bonds. The summed E-state index contributed by atoms with van der Waals surface area (Å²) in [6.07, 6.45) is 0. The summed E-state index contributed by atoms with van der Waals surface area (Å²) in [5.74, 6) is 0. The minimum absolute atomic E-state index is 0. The van der Waals surface area contributed by atoms with Crippen LogP contribution in [0.1, 0.15) is 0 Å². The zero-order valence-corrected chi connectivity index (χ0v) is 11.9. The molecule has 0 saturated carbocycles. The molecule has 0 atom stereocenters. The molecule has 2 N–H and O–H groups in total. The van der Waals surface area contributed by atoms with Gasteiger partial charge < -0.3 is 46.0 Å². The van der Waals surface area contributed by atoms with Gasteiger partial charge in [-0.25, -0.2) is 0 Å². The number of hydrogen-bond donors (Lipinski definition) is 2. The fourth-order valence-corrected chi connectivity index (χ4v) is 0. The van der Waals surface area contributed by atoms with Gasteiger partial charge in [-0.05, 0) is 0 Å². The van der Waals surface area contributed by atoms with Gasteiger partial charge in [-0.1, -0.05) is 0 Å². The molecule has 0 rings (SSSR count). The molecule has 0 heterocycles. The predicted molar refractivity (Wildman–Crippen MR) is 51.0 cm³/mol. The van der Waals surface area contributed by atoms with E-state index >= 15 is 0 Å². The molecule has 2 radical (unpaired) electrons. The summed E-state index contributed by atoms with van der Waals surface area (Å²) in [6, 6.07) is 0. The zero-order chi connectivity index (χ0) is 15.2. The largest absolute Gasteiger partial charge is 3.00 e. The van der Waals surface area contributed by atoms with E-state index in [0.717, 1.165) is 0 Å². The van der Waals surface area contributed by atoms with Crippen molar-refractivity contribution < 1.29 is 32.8 Å². The van der Waals surface area contributed by atoms with Gasteiger partial charge in [0, 0.05) is 0 Å². The van der Waals surface area contributed by atoms with Crippen molar-refractivity contribution in [2.45, 2.75) is 0 Å². The van der Waals surface area contributed by atoms with Gasteiger partial charge in [0.2, 0.25) is 0 Å². The smallest absolute Gasteiger partial charge is 0.356 e. The van der Waals surface area contributed by atoms with E-state index in [4.69, 9.17) is 63.5 Å². The molecule has 106 valence electrons. The van der Waals surface area contributed by atoms with Crippen LogP contribution in [0.25, 0.3) is 0 Å². The van der Waals surface area contributed by atoms with Crippen LogP contribution in [0.3, 0.4) is 0 Å². The third-order valence-electron chi connectivity index (χ3n) is 0. The Bertz CT molecular complexity index is 269. The van der Waals surface area contributed by atoms with Crippen molar-refractivity contribution in [2.75, 3.05) is 0 Å². The molecular weight excluding hydrogens is 491 g/mol. The van der Waals surface area contributed by atoms with E-state index in [1.165, 1.54) is 0 Å². The molecule has 18 heteroatoms. The molecule has 0 fully saturated rings. The monoisotopic (exact) mass is 493 g/mol. The van der Waals surface area contributed by atoms with Crippen molar-refractivity contribution in [3.8, 4) is 0 Å². The van der Waals surface area contributed by atoms with E-state index in [9.17, 15) is 0 Å². The van der Waals surface area contributed by atoms with Crippen LogP contribution in [0.5, 0.6) is 0 Å². The van der Waals surface area contributed by atoms with E-state index in [-0.39, 0.29) is 26.2 Å². The molecule has 0 bridgehead atoms. The van der Waals surface area contributed by atoms with E-state index in [2.05, 4.69) is 0 Å².